The SMILES string of the molecule is CCOc1cc([C@@H]2C(C(=O)c3cccc([N+](=O)[O-])c3)=C(C(=O)OC)Nc3nnnn32)ccc1O. The van der Waals surface area contributed by atoms with Gasteiger partial charge in [0, 0.05) is 17.7 Å². The number of carbonyl (C=O) groups is 2. The molecule has 174 valence electrons. The van der Waals surface area contributed by atoms with Crippen molar-refractivity contribution in [2.24, 2.45) is 0 Å². The van der Waals surface area contributed by atoms with Gasteiger partial charge in [0.1, 0.15) is 11.7 Å². The van der Waals surface area contributed by atoms with Gasteiger partial charge < -0.3 is 19.9 Å². The number of hydrogen-bond acceptors (Lipinski definition) is 11. The second kappa shape index (κ2) is 8.97. The summed E-state index contributed by atoms with van der Waals surface area (Å²) in [6.45, 7) is 2.00. The molecule has 1 aromatic heterocycles. The van der Waals surface area contributed by atoms with Gasteiger partial charge in [-0.1, -0.05) is 23.3 Å². The maximum Gasteiger partial charge on any atom is 0.355 e. The Morgan fingerprint density at radius 2 is 2.06 bits per heavy atom. The number of phenolic OH excluding ortho intramolecular Hbond substituents is 1. The number of tetrazole rings is 1. The molecule has 0 unspecified atom stereocenters. The number of aromatic hydroxyl groups is 1. The number of nitro benzene ring substituents is 1. The zero-order valence-electron chi connectivity index (χ0n) is 18.0. The van der Waals surface area contributed by atoms with E-state index in [-0.39, 0.29) is 46.6 Å². The van der Waals surface area contributed by atoms with Crippen LogP contribution in [0.5, 0.6) is 11.5 Å². The molecule has 0 saturated heterocycles. The van der Waals surface area contributed by atoms with Gasteiger partial charge in [-0.15, -0.1) is 0 Å². The minimum atomic E-state index is -1.05. The maximum absolute atomic E-state index is 13.7. The average Bonchev–Trinajstić information content (AvgIpc) is 3.32. The summed E-state index contributed by atoms with van der Waals surface area (Å²) in [5.41, 5.74) is -0.250. The van der Waals surface area contributed by atoms with Crippen LogP contribution < -0.4 is 10.1 Å². The first-order chi connectivity index (χ1) is 16.3. The van der Waals surface area contributed by atoms with Crippen LogP contribution in [-0.4, -0.2) is 55.7 Å². The van der Waals surface area contributed by atoms with Crippen molar-refractivity contribution in [2.45, 2.75) is 13.0 Å². The molecule has 1 aliphatic rings. The van der Waals surface area contributed by atoms with Crippen LogP contribution in [0.1, 0.15) is 28.9 Å². The molecule has 0 saturated carbocycles. The van der Waals surface area contributed by atoms with Gasteiger partial charge in [0.2, 0.25) is 5.95 Å². The molecule has 34 heavy (non-hydrogen) atoms. The van der Waals surface area contributed by atoms with Crippen molar-refractivity contribution in [1.29, 1.82) is 0 Å². The van der Waals surface area contributed by atoms with Gasteiger partial charge in [-0.3, -0.25) is 14.9 Å². The molecular weight excluding hydrogens is 448 g/mol. The largest absolute Gasteiger partial charge is 0.504 e. The molecule has 0 bridgehead atoms. The Bertz CT molecular complexity index is 1330. The number of phenols is 1. The average molecular weight is 466 g/mol. The summed E-state index contributed by atoms with van der Waals surface area (Å²) in [6.07, 6.45) is 0. The molecular formula is C21H18N6O7. The van der Waals surface area contributed by atoms with Gasteiger partial charge >= 0.3 is 5.97 Å². The number of nitrogens with zero attached hydrogens (tertiary/aromatic N) is 5. The fourth-order valence-corrected chi connectivity index (χ4v) is 3.58. The van der Waals surface area contributed by atoms with Crippen molar-refractivity contribution in [3.63, 3.8) is 0 Å². The van der Waals surface area contributed by atoms with E-state index in [1.165, 1.54) is 41.1 Å². The zero-order chi connectivity index (χ0) is 24.4. The molecule has 0 amide bonds. The van der Waals surface area contributed by atoms with Crippen LogP contribution in [0.15, 0.2) is 53.7 Å². The summed E-state index contributed by atoms with van der Waals surface area (Å²) in [5.74, 6) is -1.47. The fourth-order valence-electron chi connectivity index (χ4n) is 3.58. The number of rotatable bonds is 7. The summed E-state index contributed by atoms with van der Waals surface area (Å²) in [4.78, 5) is 37.0. The van der Waals surface area contributed by atoms with Gasteiger partial charge in [0.25, 0.3) is 5.69 Å². The molecule has 0 radical (unpaired) electrons. The predicted molar refractivity (Wildman–Crippen MR) is 115 cm³/mol. The van der Waals surface area contributed by atoms with E-state index < -0.39 is 22.7 Å². The Hall–Kier alpha value is -4.81. The lowest BCUT2D eigenvalue weighted by Gasteiger charge is -2.28. The van der Waals surface area contributed by atoms with Gasteiger partial charge in [0.05, 0.1) is 24.2 Å². The van der Waals surface area contributed by atoms with E-state index in [0.29, 0.717) is 5.56 Å². The quantitative estimate of drug-likeness (QED) is 0.226. The number of non-ortho nitro benzene ring substituents is 1. The van der Waals surface area contributed by atoms with Crippen LogP contribution in [0.4, 0.5) is 11.6 Å². The van der Waals surface area contributed by atoms with E-state index in [2.05, 4.69) is 20.8 Å². The topological polar surface area (TPSA) is 172 Å². The molecule has 4 rings (SSSR count). The first-order valence-electron chi connectivity index (χ1n) is 9.98. The van der Waals surface area contributed by atoms with Crippen molar-refractivity contribution >= 4 is 23.4 Å². The minimum Gasteiger partial charge on any atom is -0.504 e. The number of allylic oxidation sites excluding steroid dienone is 1. The molecule has 2 aromatic carbocycles. The Kier molecular flexibility index (Phi) is 5.91. The lowest BCUT2D eigenvalue weighted by molar-refractivity contribution is -0.384. The van der Waals surface area contributed by atoms with Crippen LogP contribution in [0.3, 0.4) is 0 Å². The molecule has 2 N–H and O–H groups in total. The summed E-state index contributed by atoms with van der Waals surface area (Å²) >= 11 is 0. The molecule has 0 aliphatic carbocycles. The number of methoxy groups -OCH3 is 1. The lowest BCUT2D eigenvalue weighted by Crippen LogP contribution is -2.33. The first-order valence-corrected chi connectivity index (χ1v) is 9.98. The Labute approximate surface area is 191 Å². The number of hydrogen-bond donors (Lipinski definition) is 2. The number of nitro groups is 1. The highest BCUT2D eigenvalue weighted by Gasteiger charge is 2.39. The Morgan fingerprint density at radius 1 is 1.26 bits per heavy atom. The van der Waals surface area contributed by atoms with Crippen molar-refractivity contribution in [1.82, 2.24) is 20.2 Å². The number of esters is 1. The highest BCUT2D eigenvalue weighted by molar-refractivity contribution is 6.15. The second-order valence-corrected chi connectivity index (χ2v) is 7.05. The van der Waals surface area contributed by atoms with E-state index >= 15 is 0 Å². The molecule has 1 aliphatic heterocycles. The van der Waals surface area contributed by atoms with Crippen molar-refractivity contribution in [3.8, 4) is 11.5 Å². The number of anilines is 1. The van der Waals surface area contributed by atoms with Gasteiger partial charge in [-0.25, -0.2) is 4.79 Å². The highest BCUT2D eigenvalue weighted by atomic mass is 16.6. The van der Waals surface area contributed by atoms with Crippen molar-refractivity contribution in [2.75, 3.05) is 19.0 Å². The molecule has 0 spiro atoms. The lowest BCUT2D eigenvalue weighted by atomic mass is 9.89. The van der Waals surface area contributed by atoms with Gasteiger partial charge in [-0.05, 0) is 35.0 Å². The monoisotopic (exact) mass is 466 g/mol. The Morgan fingerprint density at radius 3 is 2.76 bits per heavy atom. The maximum atomic E-state index is 13.7. The van der Waals surface area contributed by atoms with E-state index in [0.717, 1.165) is 13.2 Å². The van der Waals surface area contributed by atoms with Crippen LogP contribution in [-0.2, 0) is 9.53 Å². The van der Waals surface area contributed by atoms with Crippen LogP contribution in [0, 0.1) is 10.1 Å². The molecule has 13 heteroatoms. The zero-order valence-corrected chi connectivity index (χ0v) is 18.0. The number of aromatic nitrogens is 4. The number of Topliss-reactive ketones (excluding diaryl/α,β-unsaturated/α-hetero) is 1. The third-order valence-corrected chi connectivity index (χ3v) is 5.07. The smallest absolute Gasteiger partial charge is 0.355 e. The normalized spacial score (nSPS) is 14.7. The van der Waals surface area contributed by atoms with E-state index in [4.69, 9.17) is 9.47 Å². The number of carbonyl (C=O) groups excluding carboxylic acids is 2. The third kappa shape index (κ3) is 3.90. The van der Waals surface area contributed by atoms with Crippen LogP contribution in [0.25, 0.3) is 0 Å². The first kappa shape index (κ1) is 22.4. The third-order valence-electron chi connectivity index (χ3n) is 5.07. The van der Waals surface area contributed by atoms with Crippen LogP contribution in [0.2, 0.25) is 0 Å². The number of nitrogens with one attached hydrogen (secondary N) is 1. The standard InChI is InChI=1S/C21H18N6O7/c1-3-34-15-10-11(7-8-14(15)28)18-16(19(29)12-5-4-6-13(9-12)27(31)32)17(20(30)33-2)22-21-23-24-25-26(18)21/h4-10,18,28H,3H2,1-2H3,(H,22,23,25)/t18-/m1/s1. The van der Waals surface area contributed by atoms with E-state index in [1.54, 1.807) is 6.92 Å². The van der Waals surface area contributed by atoms with Gasteiger partial charge in [-0.2, -0.15) is 4.68 Å². The minimum absolute atomic E-state index is 0.0299. The number of benzene rings is 2. The predicted octanol–water partition coefficient (Wildman–Crippen LogP) is 2.01. The van der Waals surface area contributed by atoms with Crippen LogP contribution >= 0.6 is 0 Å². The molecule has 0 fully saturated rings. The molecule has 3 aromatic rings. The van der Waals surface area contributed by atoms with Crippen molar-refractivity contribution in [3.05, 3.63) is 75.0 Å². The fraction of sp³-hybridized carbons (Fsp3) is 0.190. The summed E-state index contributed by atoms with van der Waals surface area (Å²) in [6, 6.07) is 8.46. The highest BCUT2D eigenvalue weighted by Crippen LogP contribution is 2.39. The number of ketones is 1. The van der Waals surface area contributed by atoms with Crippen molar-refractivity contribution < 1.29 is 29.1 Å². The van der Waals surface area contributed by atoms with E-state index in [9.17, 15) is 24.8 Å². The summed E-state index contributed by atoms with van der Waals surface area (Å²) in [7, 11) is 1.15. The molecule has 2 heterocycles. The summed E-state index contributed by atoms with van der Waals surface area (Å²) in [5, 5.41) is 35.5. The number of ether oxygens (including phenoxy) is 2. The van der Waals surface area contributed by atoms with Gasteiger partial charge in [0.15, 0.2) is 17.3 Å². The molecule has 13 nitrogen and oxygen atoms in total. The second-order valence-electron chi connectivity index (χ2n) is 7.05. The Balaban J connectivity index is 1.95. The molecule has 1 atom stereocenters. The van der Waals surface area contributed by atoms with E-state index in [1.807, 2.05) is 0 Å². The number of fused-ring (bicyclic) bond motifs is 1. The summed E-state index contributed by atoms with van der Waals surface area (Å²) < 4.78 is 11.6.